The highest BCUT2D eigenvalue weighted by Gasteiger charge is 2.33. The molecule has 0 saturated carbocycles. The quantitative estimate of drug-likeness (QED) is 0.881. The van der Waals surface area contributed by atoms with Gasteiger partial charge in [-0.15, -0.1) is 0 Å². The van der Waals surface area contributed by atoms with E-state index < -0.39 is 17.4 Å². The van der Waals surface area contributed by atoms with Crippen LogP contribution in [0.1, 0.15) is 11.3 Å². The van der Waals surface area contributed by atoms with Gasteiger partial charge in [0.05, 0.1) is 14.2 Å². The number of para-hydroxylation sites is 1. The van der Waals surface area contributed by atoms with Crippen LogP contribution in [0.4, 0.5) is 19.1 Å². The van der Waals surface area contributed by atoms with E-state index in [-0.39, 0.29) is 12.5 Å². The first-order valence-electron chi connectivity index (χ1n) is 6.47. The van der Waals surface area contributed by atoms with Crippen molar-refractivity contribution in [1.29, 1.82) is 0 Å². The van der Waals surface area contributed by atoms with Crippen molar-refractivity contribution in [3.8, 4) is 11.5 Å². The number of ether oxygens (including phenoxy) is 2. The van der Waals surface area contributed by atoms with Crippen LogP contribution >= 0.6 is 0 Å². The van der Waals surface area contributed by atoms with E-state index in [1.165, 1.54) is 14.2 Å². The first-order valence-corrected chi connectivity index (χ1v) is 6.47. The van der Waals surface area contributed by atoms with Gasteiger partial charge in [-0.05, 0) is 6.07 Å². The largest absolute Gasteiger partial charge is 0.493 e. The van der Waals surface area contributed by atoms with Gasteiger partial charge in [0.25, 0.3) is 5.56 Å². The first kappa shape index (κ1) is 16.7. The lowest BCUT2D eigenvalue weighted by Crippen LogP contribution is -2.19. The molecule has 2 rings (SSSR count). The standard InChI is InChI=1S/C14H14F3N3O3/c1-22-9-5-3-4-8(12(9)23-2)7-18-13-19-10(14(15,16)17)6-11(21)20-13/h3-6H,7H2,1-2H3,(H2,18,19,20,21). The number of nitrogens with one attached hydrogen (secondary N) is 2. The van der Waals surface area contributed by atoms with Gasteiger partial charge in [-0.2, -0.15) is 13.2 Å². The molecular formula is C14H14F3N3O3. The Labute approximate surface area is 129 Å². The van der Waals surface area contributed by atoms with Crippen molar-refractivity contribution in [3.05, 3.63) is 45.9 Å². The van der Waals surface area contributed by atoms with Crippen LogP contribution in [-0.4, -0.2) is 24.2 Å². The zero-order valence-corrected chi connectivity index (χ0v) is 12.3. The number of nitrogens with zero attached hydrogens (tertiary/aromatic N) is 1. The number of rotatable bonds is 5. The molecule has 0 atom stereocenters. The molecular weight excluding hydrogens is 315 g/mol. The molecule has 124 valence electrons. The van der Waals surface area contributed by atoms with Crippen molar-refractivity contribution in [1.82, 2.24) is 9.97 Å². The number of halogens is 3. The number of H-pyrrole nitrogens is 1. The highest BCUT2D eigenvalue weighted by atomic mass is 19.4. The minimum Gasteiger partial charge on any atom is -0.493 e. The Morgan fingerprint density at radius 2 is 2.00 bits per heavy atom. The number of aromatic nitrogens is 2. The molecule has 1 aromatic heterocycles. The molecule has 0 unspecified atom stereocenters. The van der Waals surface area contributed by atoms with Crippen molar-refractivity contribution in [2.45, 2.75) is 12.7 Å². The summed E-state index contributed by atoms with van der Waals surface area (Å²) in [7, 11) is 2.92. The molecule has 23 heavy (non-hydrogen) atoms. The Kier molecular flexibility index (Phi) is 4.77. The van der Waals surface area contributed by atoms with Crippen LogP contribution < -0.4 is 20.3 Å². The molecule has 0 bridgehead atoms. The van der Waals surface area contributed by atoms with Crippen LogP contribution in [0.5, 0.6) is 11.5 Å². The molecule has 0 fully saturated rings. The SMILES string of the molecule is COc1cccc(CNc2nc(C(F)(F)F)cc(=O)[nH]2)c1OC. The average Bonchev–Trinajstić information content (AvgIpc) is 2.51. The average molecular weight is 329 g/mol. The second kappa shape index (κ2) is 6.59. The Morgan fingerprint density at radius 3 is 2.61 bits per heavy atom. The summed E-state index contributed by atoms with van der Waals surface area (Å²) in [5.41, 5.74) is -1.53. The van der Waals surface area contributed by atoms with Crippen LogP contribution in [0.2, 0.25) is 0 Å². The van der Waals surface area contributed by atoms with Crippen molar-refractivity contribution >= 4 is 5.95 Å². The smallest absolute Gasteiger partial charge is 0.433 e. The number of alkyl halides is 3. The van der Waals surface area contributed by atoms with E-state index in [0.29, 0.717) is 23.1 Å². The lowest BCUT2D eigenvalue weighted by atomic mass is 10.2. The predicted molar refractivity (Wildman–Crippen MR) is 76.7 cm³/mol. The van der Waals surface area contributed by atoms with Gasteiger partial charge in [-0.1, -0.05) is 12.1 Å². The summed E-state index contributed by atoms with van der Waals surface area (Å²) in [5.74, 6) is 0.642. The van der Waals surface area contributed by atoms with Crippen LogP contribution in [0.15, 0.2) is 29.1 Å². The summed E-state index contributed by atoms with van der Waals surface area (Å²) in [6.07, 6.45) is -4.70. The van der Waals surface area contributed by atoms with Gasteiger partial charge < -0.3 is 14.8 Å². The summed E-state index contributed by atoms with van der Waals surface area (Å²) in [6.45, 7) is 0.0879. The van der Waals surface area contributed by atoms with Crippen LogP contribution in [0, 0.1) is 0 Å². The summed E-state index contributed by atoms with van der Waals surface area (Å²) in [5, 5.41) is 2.64. The van der Waals surface area contributed by atoms with Gasteiger partial charge in [-0.25, -0.2) is 4.98 Å². The number of aromatic amines is 1. The molecule has 1 aromatic carbocycles. The molecule has 0 aliphatic rings. The molecule has 9 heteroatoms. The summed E-state index contributed by atoms with van der Waals surface area (Å²) in [6, 6.07) is 5.50. The molecule has 6 nitrogen and oxygen atoms in total. The number of hydrogen-bond donors (Lipinski definition) is 2. The number of benzene rings is 1. The van der Waals surface area contributed by atoms with Crippen molar-refractivity contribution in [3.63, 3.8) is 0 Å². The fraction of sp³-hybridized carbons (Fsp3) is 0.286. The maximum atomic E-state index is 12.6. The second-order valence-electron chi connectivity index (χ2n) is 4.48. The molecule has 0 amide bonds. The Bertz CT molecular complexity index is 744. The van der Waals surface area contributed by atoms with Gasteiger partial charge in [0, 0.05) is 18.2 Å². The zero-order chi connectivity index (χ0) is 17.0. The van der Waals surface area contributed by atoms with Gasteiger partial charge in [-0.3, -0.25) is 9.78 Å². The van der Waals surface area contributed by atoms with Gasteiger partial charge >= 0.3 is 6.18 Å². The fourth-order valence-corrected chi connectivity index (χ4v) is 1.96. The van der Waals surface area contributed by atoms with Crippen LogP contribution in [0.25, 0.3) is 0 Å². The third-order valence-corrected chi connectivity index (χ3v) is 2.96. The topological polar surface area (TPSA) is 76.2 Å². The number of anilines is 1. The lowest BCUT2D eigenvalue weighted by molar-refractivity contribution is -0.141. The third-order valence-electron chi connectivity index (χ3n) is 2.96. The van der Waals surface area contributed by atoms with E-state index in [2.05, 4.69) is 15.3 Å². The first-order chi connectivity index (χ1) is 10.8. The molecule has 0 spiro atoms. The normalized spacial score (nSPS) is 11.2. The van der Waals surface area contributed by atoms with Crippen LogP contribution in [-0.2, 0) is 12.7 Å². The van der Waals surface area contributed by atoms with Crippen LogP contribution in [0.3, 0.4) is 0 Å². The maximum absolute atomic E-state index is 12.6. The fourth-order valence-electron chi connectivity index (χ4n) is 1.96. The summed E-state index contributed by atoms with van der Waals surface area (Å²) < 4.78 is 48.3. The Morgan fingerprint density at radius 1 is 1.26 bits per heavy atom. The molecule has 2 aromatic rings. The van der Waals surface area contributed by atoms with Crippen molar-refractivity contribution < 1.29 is 22.6 Å². The minimum atomic E-state index is -4.70. The van der Waals surface area contributed by atoms with E-state index in [1.807, 2.05) is 0 Å². The maximum Gasteiger partial charge on any atom is 0.433 e. The summed E-state index contributed by atoms with van der Waals surface area (Å²) in [4.78, 5) is 16.9. The number of hydrogen-bond acceptors (Lipinski definition) is 5. The van der Waals surface area contributed by atoms with E-state index in [1.54, 1.807) is 18.2 Å². The molecule has 2 N–H and O–H groups in total. The van der Waals surface area contributed by atoms with E-state index in [0.717, 1.165) is 0 Å². The summed E-state index contributed by atoms with van der Waals surface area (Å²) >= 11 is 0. The van der Waals surface area contributed by atoms with Gasteiger partial charge in [0.15, 0.2) is 17.2 Å². The van der Waals surface area contributed by atoms with Crippen molar-refractivity contribution in [2.75, 3.05) is 19.5 Å². The highest BCUT2D eigenvalue weighted by Crippen LogP contribution is 2.31. The van der Waals surface area contributed by atoms with E-state index in [4.69, 9.17) is 9.47 Å². The lowest BCUT2D eigenvalue weighted by Gasteiger charge is -2.13. The Hall–Kier alpha value is -2.71. The molecule has 0 radical (unpaired) electrons. The molecule has 0 saturated heterocycles. The second-order valence-corrected chi connectivity index (χ2v) is 4.48. The molecule has 1 heterocycles. The minimum absolute atomic E-state index is 0.0879. The van der Waals surface area contributed by atoms with Crippen molar-refractivity contribution in [2.24, 2.45) is 0 Å². The molecule has 0 aliphatic heterocycles. The van der Waals surface area contributed by atoms with E-state index >= 15 is 0 Å². The zero-order valence-electron chi connectivity index (χ0n) is 12.3. The van der Waals surface area contributed by atoms with Gasteiger partial charge in [0.2, 0.25) is 5.95 Å². The Balaban J connectivity index is 2.25. The van der Waals surface area contributed by atoms with Gasteiger partial charge in [0.1, 0.15) is 0 Å². The third kappa shape index (κ3) is 3.93. The molecule has 0 aliphatic carbocycles. The monoisotopic (exact) mass is 329 g/mol. The number of methoxy groups -OCH3 is 2. The highest BCUT2D eigenvalue weighted by molar-refractivity contribution is 5.47. The predicted octanol–water partition coefficient (Wildman–Crippen LogP) is 2.42. The van der Waals surface area contributed by atoms with E-state index in [9.17, 15) is 18.0 Å².